The highest BCUT2D eigenvalue weighted by atomic mass is 32.1. The minimum absolute atomic E-state index is 0.0931. The van der Waals surface area contributed by atoms with Crippen LogP contribution < -0.4 is 9.47 Å². The number of aliphatic hydroxyl groups is 1. The maximum atomic E-state index is 13.2. The van der Waals surface area contributed by atoms with Crippen LogP contribution in [0, 0.1) is 12.8 Å². The molecule has 1 aliphatic heterocycles. The standard InChI is InChI=1S/C28H29NO5S/c1-17(2)16-34-22-11-10-20(13-18(22)3)26(30)24-25(23-9-6-12-35-23)29(28(32)27(24)31)15-19-7-5-8-21(14-19)33-4/h5-14,17,25,30H,15-16H2,1-4H3/b26-24-. The van der Waals surface area contributed by atoms with Crippen molar-refractivity contribution in [3.8, 4) is 11.5 Å². The summed E-state index contributed by atoms with van der Waals surface area (Å²) in [6, 6.07) is 15.7. The van der Waals surface area contributed by atoms with Gasteiger partial charge in [0.05, 0.1) is 25.3 Å². The van der Waals surface area contributed by atoms with Crippen LogP contribution in [0.1, 0.15) is 41.5 Å². The molecule has 0 aliphatic carbocycles. The van der Waals surface area contributed by atoms with Gasteiger partial charge in [-0.15, -0.1) is 11.3 Å². The molecule has 1 N–H and O–H groups in total. The third-order valence-electron chi connectivity index (χ3n) is 5.86. The second-order valence-electron chi connectivity index (χ2n) is 8.98. The van der Waals surface area contributed by atoms with E-state index >= 15 is 0 Å². The topological polar surface area (TPSA) is 76.1 Å². The van der Waals surface area contributed by atoms with Gasteiger partial charge in [-0.1, -0.05) is 32.0 Å². The first kappa shape index (κ1) is 24.5. The molecule has 1 aliphatic rings. The summed E-state index contributed by atoms with van der Waals surface area (Å²) in [4.78, 5) is 28.7. The number of thiophene rings is 1. The molecule has 1 aromatic heterocycles. The van der Waals surface area contributed by atoms with Gasteiger partial charge in [0.15, 0.2) is 0 Å². The number of aryl methyl sites for hydroxylation is 1. The van der Waals surface area contributed by atoms with Crippen LogP contribution in [0.4, 0.5) is 0 Å². The van der Waals surface area contributed by atoms with Gasteiger partial charge in [-0.25, -0.2) is 0 Å². The zero-order valence-electron chi connectivity index (χ0n) is 20.3. The number of aliphatic hydroxyl groups excluding tert-OH is 1. The van der Waals surface area contributed by atoms with E-state index in [0.29, 0.717) is 23.8 Å². The van der Waals surface area contributed by atoms with Crippen LogP contribution in [-0.4, -0.2) is 35.4 Å². The third kappa shape index (κ3) is 5.10. The predicted octanol–water partition coefficient (Wildman–Crippen LogP) is 5.72. The fraction of sp³-hybridized carbons (Fsp3) is 0.286. The average Bonchev–Trinajstić information content (AvgIpc) is 3.45. The smallest absolute Gasteiger partial charge is 0.295 e. The number of Topliss-reactive ketones (excluding diaryl/α,β-unsaturated/α-hetero) is 1. The highest BCUT2D eigenvalue weighted by Crippen LogP contribution is 2.42. The Morgan fingerprint density at radius 3 is 2.57 bits per heavy atom. The molecule has 1 amide bonds. The number of ether oxygens (including phenoxy) is 2. The van der Waals surface area contributed by atoms with Crippen LogP contribution in [0.2, 0.25) is 0 Å². The first-order valence-electron chi connectivity index (χ1n) is 11.5. The Bertz CT molecular complexity index is 1260. The van der Waals surface area contributed by atoms with E-state index in [1.54, 1.807) is 25.3 Å². The summed E-state index contributed by atoms with van der Waals surface area (Å²) in [5.74, 6) is 0.260. The van der Waals surface area contributed by atoms with E-state index in [0.717, 1.165) is 21.8 Å². The van der Waals surface area contributed by atoms with Crippen LogP contribution in [0.15, 0.2) is 65.6 Å². The lowest BCUT2D eigenvalue weighted by molar-refractivity contribution is -0.140. The fourth-order valence-corrected chi connectivity index (χ4v) is 4.97. The molecule has 0 bridgehead atoms. The summed E-state index contributed by atoms with van der Waals surface area (Å²) in [7, 11) is 1.58. The molecular formula is C28H29NO5S. The van der Waals surface area contributed by atoms with Gasteiger partial charge in [-0.3, -0.25) is 9.59 Å². The van der Waals surface area contributed by atoms with Crippen molar-refractivity contribution in [1.29, 1.82) is 0 Å². The Kier molecular flexibility index (Phi) is 7.26. The fourth-order valence-electron chi connectivity index (χ4n) is 4.12. The zero-order valence-corrected chi connectivity index (χ0v) is 21.1. The molecule has 35 heavy (non-hydrogen) atoms. The first-order chi connectivity index (χ1) is 16.8. The number of nitrogens with zero attached hydrogens (tertiary/aromatic N) is 1. The maximum absolute atomic E-state index is 13.2. The van der Waals surface area contributed by atoms with Crippen molar-refractivity contribution in [2.24, 2.45) is 5.92 Å². The van der Waals surface area contributed by atoms with Crippen molar-refractivity contribution in [3.63, 3.8) is 0 Å². The maximum Gasteiger partial charge on any atom is 0.295 e. The summed E-state index contributed by atoms with van der Waals surface area (Å²) in [6.45, 7) is 6.84. The van der Waals surface area contributed by atoms with Gasteiger partial charge >= 0.3 is 0 Å². The molecule has 7 heteroatoms. The normalized spacial score (nSPS) is 17.3. The Balaban J connectivity index is 1.74. The summed E-state index contributed by atoms with van der Waals surface area (Å²) in [5, 5.41) is 13.2. The number of likely N-dealkylation sites (tertiary alicyclic amines) is 1. The lowest BCUT2D eigenvalue weighted by Gasteiger charge is -2.24. The molecule has 1 fully saturated rings. The molecule has 0 radical (unpaired) electrons. The van der Waals surface area contributed by atoms with Crippen LogP contribution in [0.25, 0.3) is 5.76 Å². The van der Waals surface area contributed by atoms with Gasteiger partial charge in [0.25, 0.3) is 11.7 Å². The molecule has 3 aromatic rings. The lowest BCUT2D eigenvalue weighted by Crippen LogP contribution is -2.28. The monoisotopic (exact) mass is 491 g/mol. The third-order valence-corrected chi connectivity index (χ3v) is 6.78. The van der Waals surface area contributed by atoms with Crippen molar-refractivity contribution in [2.75, 3.05) is 13.7 Å². The number of hydrogen-bond donors (Lipinski definition) is 1. The van der Waals surface area contributed by atoms with Crippen molar-refractivity contribution in [3.05, 3.63) is 87.1 Å². The molecular weight excluding hydrogens is 462 g/mol. The van der Waals surface area contributed by atoms with Crippen molar-refractivity contribution < 1.29 is 24.2 Å². The predicted molar refractivity (Wildman–Crippen MR) is 137 cm³/mol. The van der Waals surface area contributed by atoms with E-state index in [4.69, 9.17) is 9.47 Å². The minimum Gasteiger partial charge on any atom is -0.507 e. The number of benzene rings is 2. The molecule has 1 atom stereocenters. The summed E-state index contributed by atoms with van der Waals surface area (Å²) < 4.78 is 11.2. The van der Waals surface area contributed by atoms with E-state index in [-0.39, 0.29) is 17.9 Å². The minimum atomic E-state index is -0.693. The van der Waals surface area contributed by atoms with Gasteiger partial charge < -0.3 is 19.5 Å². The summed E-state index contributed by atoms with van der Waals surface area (Å²) in [6.07, 6.45) is 0. The Hall–Kier alpha value is -3.58. The molecule has 182 valence electrons. The van der Waals surface area contributed by atoms with Crippen LogP contribution in [0.5, 0.6) is 11.5 Å². The first-order valence-corrected chi connectivity index (χ1v) is 12.4. The highest BCUT2D eigenvalue weighted by Gasteiger charge is 2.46. The molecule has 6 nitrogen and oxygen atoms in total. The average molecular weight is 492 g/mol. The van der Waals surface area contributed by atoms with Gasteiger partial charge in [0.1, 0.15) is 17.3 Å². The molecule has 2 aromatic carbocycles. The van der Waals surface area contributed by atoms with Crippen molar-refractivity contribution >= 4 is 28.8 Å². The summed E-state index contributed by atoms with van der Waals surface area (Å²) >= 11 is 1.44. The number of rotatable bonds is 8. The molecule has 4 rings (SSSR count). The van der Waals surface area contributed by atoms with E-state index in [1.807, 2.05) is 48.7 Å². The van der Waals surface area contributed by atoms with Gasteiger partial charge in [0, 0.05) is 17.0 Å². The molecule has 2 heterocycles. The molecule has 1 unspecified atom stereocenters. The second-order valence-corrected chi connectivity index (χ2v) is 9.96. The van der Waals surface area contributed by atoms with Crippen LogP contribution >= 0.6 is 11.3 Å². The Morgan fingerprint density at radius 2 is 1.91 bits per heavy atom. The van der Waals surface area contributed by atoms with Crippen LogP contribution in [-0.2, 0) is 16.1 Å². The highest BCUT2D eigenvalue weighted by molar-refractivity contribution is 7.10. The van der Waals surface area contributed by atoms with Gasteiger partial charge in [-0.2, -0.15) is 0 Å². The number of hydrogen-bond acceptors (Lipinski definition) is 6. The lowest BCUT2D eigenvalue weighted by atomic mass is 9.98. The van der Waals surface area contributed by atoms with Crippen molar-refractivity contribution in [1.82, 2.24) is 4.90 Å². The Morgan fingerprint density at radius 1 is 1.11 bits per heavy atom. The molecule has 0 spiro atoms. The SMILES string of the molecule is COc1cccc(CN2C(=O)C(=O)/C(=C(\O)c3ccc(OCC(C)C)c(C)c3)C2c2cccs2)c1. The zero-order chi connectivity index (χ0) is 25.1. The van der Waals surface area contributed by atoms with Crippen molar-refractivity contribution in [2.45, 2.75) is 33.4 Å². The summed E-state index contributed by atoms with van der Waals surface area (Å²) in [5.41, 5.74) is 2.24. The molecule has 1 saturated heterocycles. The van der Waals surface area contributed by atoms with E-state index < -0.39 is 17.7 Å². The van der Waals surface area contributed by atoms with E-state index in [9.17, 15) is 14.7 Å². The van der Waals surface area contributed by atoms with E-state index in [1.165, 1.54) is 16.2 Å². The number of amides is 1. The van der Waals surface area contributed by atoms with Gasteiger partial charge in [0.2, 0.25) is 0 Å². The Labute approximate surface area is 209 Å². The van der Waals surface area contributed by atoms with Crippen LogP contribution in [0.3, 0.4) is 0 Å². The number of carbonyl (C=O) groups excluding carboxylic acids is 2. The van der Waals surface area contributed by atoms with Gasteiger partial charge in [-0.05, 0) is 65.7 Å². The second kappa shape index (κ2) is 10.4. The molecule has 0 saturated carbocycles. The quantitative estimate of drug-likeness (QED) is 0.248. The van der Waals surface area contributed by atoms with E-state index in [2.05, 4.69) is 13.8 Å². The number of carbonyl (C=O) groups is 2. The number of ketones is 1. The number of methoxy groups -OCH3 is 1. The largest absolute Gasteiger partial charge is 0.507 e.